The smallest absolute Gasteiger partial charge is 0.108 e. The Morgan fingerprint density at radius 1 is 1.26 bits per heavy atom. The van der Waals surface area contributed by atoms with Crippen LogP contribution in [-0.4, -0.2) is 16.0 Å². The first-order valence-electron chi connectivity index (χ1n) is 6.87. The normalized spacial score (nSPS) is 12.9. The maximum absolute atomic E-state index is 5.81. The molecule has 1 atom stereocenters. The Morgan fingerprint density at radius 3 is 2.63 bits per heavy atom. The van der Waals surface area contributed by atoms with Crippen molar-refractivity contribution in [3.63, 3.8) is 0 Å². The molecule has 1 heterocycles. The summed E-state index contributed by atoms with van der Waals surface area (Å²) in [5.74, 6) is 1.49. The van der Waals surface area contributed by atoms with Crippen molar-refractivity contribution in [2.75, 3.05) is 0 Å². The molecule has 3 heteroatoms. The molecule has 1 aromatic heterocycles. The van der Waals surface area contributed by atoms with E-state index in [1.54, 1.807) is 0 Å². The van der Waals surface area contributed by atoms with E-state index in [-0.39, 0.29) is 6.04 Å². The number of aromatic amines is 1. The van der Waals surface area contributed by atoms with Crippen LogP contribution >= 0.6 is 0 Å². The van der Waals surface area contributed by atoms with E-state index in [0.717, 1.165) is 17.9 Å². The quantitative estimate of drug-likeness (QED) is 0.882. The van der Waals surface area contributed by atoms with Crippen LogP contribution in [-0.2, 0) is 6.42 Å². The second-order valence-electron chi connectivity index (χ2n) is 5.65. The van der Waals surface area contributed by atoms with Gasteiger partial charge in [0.1, 0.15) is 5.82 Å². The fourth-order valence-electron chi connectivity index (χ4n) is 2.20. The van der Waals surface area contributed by atoms with E-state index in [9.17, 15) is 0 Å². The van der Waals surface area contributed by atoms with E-state index in [4.69, 9.17) is 5.73 Å². The lowest BCUT2D eigenvalue weighted by Crippen LogP contribution is -2.18. The highest BCUT2D eigenvalue weighted by Crippen LogP contribution is 2.26. The predicted molar refractivity (Wildman–Crippen MR) is 80.2 cm³/mol. The first kappa shape index (κ1) is 13.8. The van der Waals surface area contributed by atoms with Gasteiger partial charge in [0.05, 0.1) is 11.9 Å². The molecule has 0 amide bonds. The first-order chi connectivity index (χ1) is 8.97. The molecule has 0 aliphatic heterocycles. The third kappa shape index (κ3) is 3.24. The van der Waals surface area contributed by atoms with Crippen LogP contribution in [0, 0.1) is 6.92 Å². The number of aromatic nitrogens is 2. The molecule has 2 aromatic rings. The third-order valence-electron chi connectivity index (χ3n) is 3.36. The number of rotatable bonds is 4. The SMILES string of the molecule is Cc1ccc(C(C)C)cc1-c1cnc(CC(C)N)[nH]1. The summed E-state index contributed by atoms with van der Waals surface area (Å²) < 4.78 is 0. The van der Waals surface area contributed by atoms with Gasteiger partial charge in [0.2, 0.25) is 0 Å². The fraction of sp³-hybridized carbons (Fsp3) is 0.438. The van der Waals surface area contributed by atoms with E-state index >= 15 is 0 Å². The van der Waals surface area contributed by atoms with Crippen LogP contribution in [0.1, 0.15) is 43.6 Å². The highest BCUT2D eigenvalue weighted by atomic mass is 14.9. The van der Waals surface area contributed by atoms with Crippen LogP contribution in [0.25, 0.3) is 11.3 Å². The molecule has 3 N–H and O–H groups in total. The monoisotopic (exact) mass is 257 g/mol. The van der Waals surface area contributed by atoms with E-state index in [1.807, 2.05) is 13.1 Å². The molecular weight excluding hydrogens is 234 g/mol. The van der Waals surface area contributed by atoms with Crippen LogP contribution in [0.3, 0.4) is 0 Å². The minimum atomic E-state index is 0.127. The van der Waals surface area contributed by atoms with Gasteiger partial charge in [0.25, 0.3) is 0 Å². The molecule has 1 aromatic carbocycles. The summed E-state index contributed by atoms with van der Waals surface area (Å²) in [6.45, 7) is 8.55. The van der Waals surface area contributed by atoms with E-state index in [0.29, 0.717) is 5.92 Å². The summed E-state index contributed by atoms with van der Waals surface area (Å²) in [7, 11) is 0. The zero-order chi connectivity index (χ0) is 14.0. The van der Waals surface area contributed by atoms with E-state index < -0.39 is 0 Å². The van der Waals surface area contributed by atoms with Gasteiger partial charge in [-0.3, -0.25) is 0 Å². The van der Waals surface area contributed by atoms with Crippen molar-refractivity contribution in [2.24, 2.45) is 5.73 Å². The van der Waals surface area contributed by atoms with Crippen LogP contribution in [0.5, 0.6) is 0 Å². The molecule has 19 heavy (non-hydrogen) atoms. The van der Waals surface area contributed by atoms with E-state index in [2.05, 4.69) is 48.9 Å². The van der Waals surface area contributed by atoms with Gasteiger partial charge < -0.3 is 10.7 Å². The highest BCUT2D eigenvalue weighted by molar-refractivity contribution is 5.64. The van der Waals surface area contributed by atoms with Crippen molar-refractivity contribution in [1.29, 1.82) is 0 Å². The number of imidazole rings is 1. The number of nitrogens with one attached hydrogen (secondary N) is 1. The summed E-state index contributed by atoms with van der Waals surface area (Å²) >= 11 is 0. The summed E-state index contributed by atoms with van der Waals surface area (Å²) in [5, 5.41) is 0. The van der Waals surface area contributed by atoms with Gasteiger partial charge in [-0.05, 0) is 37.0 Å². The molecular formula is C16H23N3. The molecule has 0 spiro atoms. The maximum atomic E-state index is 5.81. The minimum Gasteiger partial charge on any atom is -0.342 e. The molecule has 0 saturated heterocycles. The number of hydrogen-bond donors (Lipinski definition) is 2. The molecule has 0 fully saturated rings. The van der Waals surface area contributed by atoms with Gasteiger partial charge in [0, 0.05) is 18.0 Å². The zero-order valence-corrected chi connectivity index (χ0v) is 12.2. The van der Waals surface area contributed by atoms with Crippen LogP contribution in [0.15, 0.2) is 24.4 Å². The second-order valence-corrected chi connectivity index (χ2v) is 5.65. The minimum absolute atomic E-state index is 0.127. The van der Waals surface area contributed by atoms with Crippen molar-refractivity contribution >= 4 is 0 Å². The molecule has 0 aliphatic rings. The van der Waals surface area contributed by atoms with Crippen LogP contribution in [0.4, 0.5) is 0 Å². The first-order valence-corrected chi connectivity index (χ1v) is 6.87. The number of nitrogens with zero attached hydrogens (tertiary/aromatic N) is 1. The third-order valence-corrected chi connectivity index (χ3v) is 3.36. The summed E-state index contributed by atoms with van der Waals surface area (Å²) in [4.78, 5) is 7.79. The Kier molecular flexibility index (Phi) is 4.05. The topological polar surface area (TPSA) is 54.7 Å². The van der Waals surface area contributed by atoms with Gasteiger partial charge in [-0.2, -0.15) is 0 Å². The molecule has 102 valence electrons. The van der Waals surface area contributed by atoms with Crippen molar-refractivity contribution in [2.45, 2.75) is 46.1 Å². The summed E-state index contributed by atoms with van der Waals surface area (Å²) in [5.41, 5.74) is 10.7. The Hall–Kier alpha value is -1.61. The van der Waals surface area contributed by atoms with Gasteiger partial charge in [-0.25, -0.2) is 4.98 Å². The Bertz CT molecular complexity index is 553. The molecule has 1 unspecified atom stereocenters. The van der Waals surface area contributed by atoms with Crippen molar-refractivity contribution in [3.8, 4) is 11.3 Å². The molecule has 0 saturated carbocycles. The Labute approximate surface area is 115 Å². The lowest BCUT2D eigenvalue weighted by Gasteiger charge is -2.10. The summed E-state index contributed by atoms with van der Waals surface area (Å²) in [6.07, 6.45) is 2.69. The average Bonchev–Trinajstić information content (AvgIpc) is 2.76. The number of benzene rings is 1. The highest BCUT2D eigenvalue weighted by Gasteiger charge is 2.09. The van der Waals surface area contributed by atoms with Crippen molar-refractivity contribution in [1.82, 2.24) is 9.97 Å². The molecule has 3 nitrogen and oxygen atoms in total. The number of aryl methyl sites for hydroxylation is 1. The molecule has 0 radical (unpaired) electrons. The van der Waals surface area contributed by atoms with Crippen LogP contribution < -0.4 is 5.73 Å². The standard InChI is InChI=1S/C16H23N3/c1-10(2)13-6-5-11(3)14(8-13)15-9-18-16(19-15)7-12(4)17/h5-6,8-10,12H,7,17H2,1-4H3,(H,18,19). The molecule has 0 aliphatic carbocycles. The Balaban J connectivity index is 2.35. The predicted octanol–water partition coefficient (Wildman–Crippen LogP) is 3.40. The van der Waals surface area contributed by atoms with Crippen LogP contribution in [0.2, 0.25) is 0 Å². The van der Waals surface area contributed by atoms with Gasteiger partial charge in [0.15, 0.2) is 0 Å². The van der Waals surface area contributed by atoms with Crippen molar-refractivity contribution < 1.29 is 0 Å². The molecule has 0 bridgehead atoms. The summed E-state index contributed by atoms with van der Waals surface area (Å²) in [6, 6.07) is 6.75. The number of nitrogens with two attached hydrogens (primary N) is 1. The maximum Gasteiger partial charge on any atom is 0.108 e. The fourth-order valence-corrected chi connectivity index (χ4v) is 2.20. The number of hydrogen-bond acceptors (Lipinski definition) is 2. The van der Waals surface area contributed by atoms with Gasteiger partial charge >= 0.3 is 0 Å². The average molecular weight is 257 g/mol. The molecule has 2 rings (SSSR count). The number of H-pyrrole nitrogens is 1. The van der Waals surface area contributed by atoms with Gasteiger partial charge in [-0.1, -0.05) is 26.0 Å². The van der Waals surface area contributed by atoms with Crippen molar-refractivity contribution in [3.05, 3.63) is 41.3 Å². The lowest BCUT2D eigenvalue weighted by molar-refractivity contribution is 0.710. The second kappa shape index (κ2) is 5.57. The largest absolute Gasteiger partial charge is 0.342 e. The lowest BCUT2D eigenvalue weighted by atomic mass is 9.97. The Morgan fingerprint density at radius 2 is 2.00 bits per heavy atom. The van der Waals surface area contributed by atoms with E-state index in [1.165, 1.54) is 16.7 Å². The zero-order valence-electron chi connectivity index (χ0n) is 12.2. The van der Waals surface area contributed by atoms with Gasteiger partial charge in [-0.15, -0.1) is 0 Å².